The first kappa shape index (κ1) is 16.8. The number of hydrogen-bond acceptors (Lipinski definition) is 4. The molecule has 0 saturated carbocycles. The second-order valence-corrected chi connectivity index (χ2v) is 4.45. The van der Waals surface area contributed by atoms with E-state index in [0.29, 0.717) is 38.6 Å². The SMILES string of the molecule is CCCC(CNC(C)C)OCCOCCOC. The quantitative estimate of drug-likeness (QED) is 0.534. The Morgan fingerprint density at radius 1 is 1.06 bits per heavy atom. The molecule has 0 aromatic heterocycles. The Balaban J connectivity index is 3.48. The number of methoxy groups -OCH3 is 1. The van der Waals surface area contributed by atoms with Crippen LogP contribution in [0.15, 0.2) is 0 Å². The van der Waals surface area contributed by atoms with Gasteiger partial charge in [-0.25, -0.2) is 0 Å². The molecule has 1 atom stereocenters. The first-order valence-electron chi connectivity index (χ1n) is 6.62. The predicted octanol–water partition coefficient (Wildman–Crippen LogP) is 1.83. The summed E-state index contributed by atoms with van der Waals surface area (Å²) in [6.07, 6.45) is 2.54. The summed E-state index contributed by atoms with van der Waals surface area (Å²) in [7, 11) is 1.68. The highest BCUT2D eigenvalue weighted by Gasteiger charge is 2.08. The highest BCUT2D eigenvalue weighted by Crippen LogP contribution is 2.01. The van der Waals surface area contributed by atoms with Crippen molar-refractivity contribution in [3.63, 3.8) is 0 Å². The van der Waals surface area contributed by atoms with Crippen LogP contribution in [-0.2, 0) is 14.2 Å². The minimum absolute atomic E-state index is 0.299. The van der Waals surface area contributed by atoms with Crippen molar-refractivity contribution in [2.24, 2.45) is 0 Å². The maximum atomic E-state index is 5.78. The molecule has 104 valence electrons. The van der Waals surface area contributed by atoms with E-state index in [1.165, 1.54) is 0 Å². The minimum atomic E-state index is 0.299. The summed E-state index contributed by atoms with van der Waals surface area (Å²) >= 11 is 0. The third-order valence-electron chi connectivity index (χ3n) is 2.38. The van der Waals surface area contributed by atoms with E-state index in [-0.39, 0.29) is 0 Å². The van der Waals surface area contributed by atoms with E-state index in [9.17, 15) is 0 Å². The lowest BCUT2D eigenvalue weighted by atomic mass is 10.2. The van der Waals surface area contributed by atoms with Crippen LogP contribution < -0.4 is 5.32 Å². The van der Waals surface area contributed by atoms with Crippen molar-refractivity contribution in [1.82, 2.24) is 5.32 Å². The van der Waals surface area contributed by atoms with E-state index in [2.05, 4.69) is 26.1 Å². The molecule has 0 aromatic carbocycles. The Morgan fingerprint density at radius 2 is 1.76 bits per heavy atom. The van der Waals surface area contributed by atoms with E-state index < -0.39 is 0 Å². The van der Waals surface area contributed by atoms with Gasteiger partial charge < -0.3 is 19.5 Å². The molecule has 0 aliphatic rings. The van der Waals surface area contributed by atoms with Crippen LogP contribution in [0.4, 0.5) is 0 Å². The van der Waals surface area contributed by atoms with Gasteiger partial charge in [0.05, 0.1) is 32.5 Å². The summed E-state index contributed by atoms with van der Waals surface area (Å²) in [5.41, 5.74) is 0. The lowest BCUT2D eigenvalue weighted by molar-refractivity contribution is -0.00919. The van der Waals surface area contributed by atoms with E-state index >= 15 is 0 Å². The maximum absolute atomic E-state index is 5.78. The van der Waals surface area contributed by atoms with Gasteiger partial charge in [0.2, 0.25) is 0 Å². The molecule has 17 heavy (non-hydrogen) atoms. The molecule has 4 heteroatoms. The summed E-state index contributed by atoms with van der Waals surface area (Å²) in [5, 5.41) is 3.41. The molecule has 0 aliphatic heterocycles. The zero-order chi connectivity index (χ0) is 12.9. The first-order chi connectivity index (χ1) is 8.20. The Bertz CT molecular complexity index is 154. The monoisotopic (exact) mass is 247 g/mol. The van der Waals surface area contributed by atoms with Gasteiger partial charge in [-0.1, -0.05) is 27.2 Å². The van der Waals surface area contributed by atoms with E-state index in [4.69, 9.17) is 14.2 Å². The minimum Gasteiger partial charge on any atom is -0.382 e. The highest BCUT2D eigenvalue weighted by molar-refractivity contribution is 4.63. The third kappa shape index (κ3) is 12.1. The zero-order valence-corrected chi connectivity index (χ0v) is 11.8. The van der Waals surface area contributed by atoms with Crippen LogP contribution in [0.2, 0.25) is 0 Å². The molecular formula is C13H29NO3. The van der Waals surface area contributed by atoms with Crippen LogP contribution in [0.3, 0.4) is 0 Å². The molecule has 0 fully saturated rings. The van der Waals surface area contributed by atoms with Crippen LogP contribution >= 0.6 is 0 Å². The van der Waals surface area contributed by atoms with E-state index in [1.807, 2.05) is 0 Å². The fourth-order valence-electron chi connectivity index (χ4n) is 1.45. The summed E-state index contributed by atoms with van der Waals surface area (Å²) in [4.78, 5) is 0. The summed E-state index contributed by atoms with van der Waals surface area (Å²) in [6.45, 7) is 9.99. The van der Waals surface area contributed by atoms with Crippen molar-refractivity contribution in [3.8, 4) is 0 Å². The smallest absolute Gasteiger partial charge is 0.0704 e. The lowest BCUT2D eigenvalue weighted by Crippen LogP contribution is -2.34. The number of rotatable bonds is 12. The fourth-order valence-corrected chi connectivity index (χ4v) is 1.45. The molecule has 0 radical (unpaired) electrons. The average molecular weight is 247 g/mol. The molecule has 0 aromatic rings. The van der Waals surface area contributed by atoms with Gasteiger partial charge in [0, 0.05) is 19.7 Å². The maximum Gasteiger partial charge on any atom is 0.0704 e. The molecule has 0 amide bonds. The number of hydrogen-bond donors (Lipinski definition) is 1. The average Bonchev–Trinajstić information content (AvgIpc) is 2.30. The van der Waals surface area contributed by atoms with Gasteiger partial charge in [-0.15, -0.1) is 0 Å². The Morgan fingerprint density at radius 3 is 2.35 bits per heavy atom. The molecule has 4 nitrogen and oxygen atoms in total. The van der Waals surface area contributed by atoms with Crippen LogP contribution in [0.1, 0.15) is 33.6 Å². The van der Waals surface area contributed by atoms with E-state index in [0.717, 1.165) is 19.4 Å². The van der Waals surface area contributed by atoms with Gasteiger partial charge in [-0.3, -0.25) is 0 Å². The molecule has 0 saturated heterocycles. The largest absolute Gasteiger partial charge is 0.382 e. The van der Waals surface area contributed by atoms with Gasteiger partial charge in [0.25, 0.3) is 0 Å². The molecule has 1 N–H and O–H groups in total. The molecule has 0 spiro atoms. The summed E-state index contributed by atoms with van der Waals surface area (Å²) in [6, 6.07) is 0.510. The summed E-state index contributed by atoms with van der Waals surface area (Å²) in [5.74, 6) is 0. The molecule has 0 bridgehead atoms. The molecule has 1 unspecified atom stereocenters. The van der Waals surface area contributed by atoms with Crippen LogP contribution in [0.5, 0.6) is 0 Å². The van der Waals surface area contributed by atoms with Crippen molar-refractivity contribution in [2.45, 2.75) is 45.8 Å². The summed E-state index contributed by atoms with van der Waals surface area (Å²) < 4.78 is 16.0. The van der Waals surface area contributed by atoms with Crippen LogP contribution in [-0.4, -0.2) is 52.2 Å². The second kappa shape index (κ2) is 12.3. The topological polar surface area (TPSA) is 39.7 Å². The van der Waals surface area contributed by atoms with Gasteiger partial charge in [0.15, 0.2) is 0 Å². The standard InChI is InChI=1S/C13H29NO3/c1-5-6-13(11-14-12(2)3)17-10-9-16-8-7-15-4/h12-14H,5-11H2,1-4H3. The molecule has 0 rings (SSSR count). The van der Waals surface area contributed by atoms with Crippen molar-refractivity contribution >= 4 is 0 Å². The zero-order valence-electron chi connectivity index (χ0n) is 11.8. The van der Waals surface area contributed by atoms with Crippen molar-refractivity contribution in [1.29, 1.82) is 0 Å². The Hall–Kier alpha value is -0.160. The Labute approximate surface area is 106 Å². The van der Waals surface area contributed by atoms with Crippen LogP contribution in [0.25, 0.3) is 0 Å². The van der Waals surface area contributed by atoms with Gasteiger partial charge in [-0.2, -0.15) is 0 Å². The van der Waals surface area contributed by atoms with Crippen LogP contribution in [0, 0.1) is 0 Å². The van der Waals surface area contributed by atoms with Gasteiger partial charge >= 0.3 is 0 Å². The first-order valence-corrected chi connectivity index (χ1v) is 6.62. The molecule has 0 heterocycles. The van der Waals surface area contributed by atoms with E-state index in [1.54, 1.807) is 7.11 Å². The number of ether oxygens (including phenoxy) is 3. The normalized spacial score (nSPS) is 13.2. The van der Waals surface area contributed by atoms with Gasteiger partial charge in [0.1, 0.15) is 0 Å². The lowest BCUT2D eigenvalue weighted by Gasteiger charge is -2.19. The van der Waals surface area contributed by atoms with Crippen molar-refractivity contribution < 1.29 is 14.2 Å². The fraction of sp³-hybridized carbons (Fsp3) is 1.00. The van der Waals surface area contributed by atoms with Gasteiger partial charge in [-0.05, 0) is 6.42 Å². The molecule has 0 aliphatic carbocycles. The number of nitrogens with one attached hydrogen (secondary N) is 1. The second-order valence-electron chi connectivity index (χ2n) is 4.45. The third-order valence-corrected chi connectivity index (χ3v) is 2.38. The predicted molar refractivity (Wildman–Crippen MR) is 70.5 cm³/mol. The molecular weight excluding hydrogens is 218 g/mol. The van der Waals surface area contributed by atoms with Crippen molar-refractivity contribution in [2.75, 3.05) is 40.1 Å². The van der Waals surface area contributed by atoms with Crippen molar-refractivity contribution in [3.05, 3.63) is 0 Å². The Kier molecular flexibility index (Phi) is 12.2. The highest BCUT2D eigenvalue weighted by atomic mass is 16.5.